The Morgan fingerprint density at radius 3 is 2.54 bits per heavy atom. The normalized spacial score (nSPS) is 13.4. The second kappa shape index (κ2) is 9.60. The fourth-order valence-electron chi connectivity index (χ4n) is 2.48. The van der Waals surface area contributed by atoms with Crippen LogP contribution in [0.4, 0.5) is 5.69 Å². The second-order valence-electron chi connectivity index (χ2n) is 6.07. The molecule has 2 rings (SSSR count). The molecule has 8 heteroatoms. The van der Waals surface area contributed by atoms with E-state index in [1.807, 2.05) is 30.3 Å². The van der Waals surface area contributed by atoms with Gasteiger partial charge in [0.05, 0.1) is 16.7 Å². The first kappa shape index (κ1) is 21.8. The van der Waals surface area contributed by atoms with Gasteiger partial charge in [0.2, 0.25) is 5.90 Å². The maximum Gasteiger partial charge on any atom is 0.236 e. The number of aliphatic hydroxyl groups excluding tert-OH is 1. The molecule has 0 spiro atoms. The summed E-state index contributed by atoms with van der Waals surface area (Å²) in [6, 6.07) is 11.9. The monoisotopic (exact) mass is 462 g/mol. The van der Waals surface area contributed by atoms with E-state index >= 15 is 0 Å². The summed E-state index contributed by atoms with van der Waals surface area (Å²) in [4.78, 5) is 0. The van der Waals surface area contributed by atoms with Gasteiger partial charge in [0.1, 0.15) is 17.9 Å². The summed E-state index contributed by atoms with van der Waals surface area (Å²) in [5.41, 5.74) is 2.39. The molecule has 0 heterocycles. The number of ether oxygens (including phenoxy) is 1. The molecule has 0 fully saturated rings. The minimum atomic E-state index is -0.895. The van der Waals surface area contributed by atoms with Gasteiger partial charge < -0.3 is 21.0 Å². The maximum atomic E-state index is 10.3. The summed E-state index contributed by atoms with van der Waals surface area (Å²) < 4.78 is 6.67. The molecule has 28 heavy (non-hydrogen) atoms. The van der Waals surface area contributed by atoms with Gasteiger partial charge in [-0.3, -0.25) is 0 Å². The van der Waals surface area contributed by atoms with Crippen LogP contribution in [0, 0.1) is 18.3 Å². The zero-order chi connectivity index (χ0) is 20.8. The molecular weight excluding hydrogens is 444 g/mol. The van der Waals surface area contributed by atoms with E-state index in [0.717, 1.165) is 10.0 Å². The van der Waals surface area contributed by atoms with E-state index in [0.29, 0.717) is 27.6 Å². The van der Waals surface area contributed by atoms with Crippen LogP contribution in [0.25, 0.3) is 5.76 Å². The first-order valence-electron chi connectivity index (χ1n) is 8.32. The molecule has 2 atom stereocenters. The number of benzene rings is 2. The van der Waals surface area contributed by atoms with Crippen LogP contribution in [-0.2, 0) is 4.74 Å². The minimum Gasteiger partial charge on any atom is -0.439 e. The predicted octanol–water partition coefficient (Wildman–Crippen LogP) is 4.40. The van der Waals surface area contributed by atoms with Crippen LogP contribution < -0.4 is 11.2 Å². The van der Waals surface area contributed by atoms with Gasteiger partial charge in [-0.1, -0.05) is 46.2 Å². The Morgan fingerprint density at radius 1 is 1.36 bits per heavy atom. The van der Waals surface area contributed by atoms with Gasteiger partial charge in [-0.15, -0.1) is 5.10 Å². The number of aliphatic hydroxyl groups is 1. The van der Waals surface area contributed by atoms with Crippen LogP contribution in [0.15, 0.2) is 52.6 Å². The molecule has 146 valence electrons. The Bertz CT molecular complexity index is 936. The van der Waals surface area contributed by atoms with Crippen molar-refractivity contribution in [3.8, 4) is 6.07 Å². The number of nitrogens with one attached hydrogen (secondary N) is 1. The third-order valence-corrected chi connectivity index (χ3v) is 5.10. The molecular formula is C20H20BrClN4O2. The van der Waals surface area contributed by atoms with Crippen LogP contribution in [0.2, 0.25) is 5.02 Å². The van der Waals surface area contributed by atoms with Gasteiger partial charge in [0.15, 0.2) is 0 Å². The van der Waals surface area contributed by atoms with Crippen molar-refractivity contribution in [2.45, 2.75) is 26.0 Å². The van der Waals surface area contributed by atoms with Crippen LogP contribution in [0.5, 0.6) is 0 Å². The molecule has 0 unspecified atom stereocenters. The van der Waals surface area contributed by atoms with Crippen LogP contribution in [-0.4, -0.2) is 23.2 Å². The number of hydrogen-bond donors (Lipinski definition) is 3. The van der Waals surface area contributed by atoms with Crippen molar-refractivity contribution >= 4 is 44.9 Å². The number of anilines is 1. The Balaban J connectivity index is 2.26. The van der Waals surface area contributed by atoms with Gasteiger partial charge in [0, 0.05) is 15.7 Å². The second-order valence-corrected chi connectivity index (χ2v) is 7.37. The number of nitriles is 1. The summed E-state index contributed by atoms with van der Waals surface area (Å²) in [5, 5.41) is 26.5. The first-order chi connectivity index (χ1) is 13.3. The molecule has 0 amide bonds. The Hall–Kier alpha value is -2.53. The molecule has 6 nitrogen and oxygen atoms in total. The van der Waals surface area contributed by atoms with Gasteiger partial charge in [-0.25, -0.2) is 0 Å². The highest BCUT2D eigenvalue weighted by Gasteiger charge is 2.25. The Kier molecular flexibility index (Phi) is 7.46. The number of hydrazone groups is 1. The number of hydrogen-bond acceptors (Lipinski definition) is 6. The average molecular weight is 464 g/mol. The fourth-order valence-corrected chi connectivity index (χ4v) is 2.95. The highest BCUT2D eigenvalue weighted by molar-refractivity contribution is 9.10. The fraction of sp³-hybridized carbons (Fsp3) is 0.200. The zero-order valence-corrected chi connectivity index (χ0v) is 17.8. The topological polar surface area (TPSA) is 104 Å². The lowest BCUT2D eigenvalue weighted by Gasteiger charge is -2.25. The number of nitrogens with zero attached hydrogens (tertiary/aromatic N) is 2. The molecule has 2 aromatic carbocycles. The summed E-state index contributed by atoms with van der Waals surface area (Å²) in [6.45, 7) is 7.25. The molecule has 0 radical (unpaired) electrons. The summed E-state index contributed by atoms with van der Waals surface area (Å²) >= 11 is 9.60. The van der Waals surface area contributed by atoms with Crippen molar-refractivity contribution in [1.82, 2.24) is 0 Å². The van der Waals surface area contributed by atoms with E-state index in [9.17, 15) is 5.11 Å². The van der Waals surface area contributed by atoms with E-state index in [-0.39, 0.29) is 5.90 Å². The molecule has 0 aliphatic heterocycles. The van der Waals surface area contributed by atoms with Crippen molar-refractivity contribution < 1.29 is 9.84 Å². The molecule has 4 N–H and O–H groups in total. The predicted molar refractivity (Wildman–Crippen MR) is 116 cm³/mol. The smallest absolute Gasteiger partial charge is 0.236 e. The van der Waals surface area contributed by atoms with Gasteiger partial charge in [-0.05, 0) is 43.7 Å². The van der Waals surface area contributed by atoms with E-state index in [1.165, 1.54) is 0 Å². The highest BCUT2D eigenvalue weighted by Crippen LogP contribution is 2.28. The van der Waals surface area contributed by atoms with E-state index < -0.39 is 12.1 Å². The highest BCUT2D eigenvalue weighted by atomic mass is 79.9. The molecule has 0 saturated carbocycles. The van der Waals surface area contributed by atoms with E-state index in [2.05, 4.69) is 32.9 Å². The largest absolute Gasteiger partial charge is 0.439 e. The number of halogens is 2. The van der Waals surface area contributed by atoms with Crippen LogP contribution in [0.3, 0.4) is 0 Å². The molecule has 0 aliphatic carbocycles. The zero-order valence-electron chi connectivity index (χ0n) is 15.4. The maximum absolute atomic E-state index is 10.3. The lowest BCUT2D eigenvalue weighted by Crippen LogP contribution is -2.41. The molecule has 2 aromatic rings. The van der Waals surface area contributed by atoms with Crippen molar-refractivity contribution in [3.63, 3.8) is 0 Å². The SMILES string of the molecule is C=C(O/C(=N\N)[C@H](Nc1ccc(C#N)c(Cl)c1C)[C@H](C)O)c1ccc(Br)cc1. The third-order valence-electron chi connectivity index (χ3n) is 4.09. The Morgan fingerprint density at radius 2 is 2.00 bits per heavy atom. The van der Waals surface area contributed by atoms with Gasteiger partial charge >= 0.3 is 0 Å². The minimum absolute atomic E-state index is 0.0581. The van der Waals surface area contributed by atoms with Gasteiger partial charge in [-0.2, -0.15) is 5.26 Å². The molecule has 0 bridgehead atoms. The quantitative estimate of drug-likeness (QED) is 0.194. The standard InChI is InChI=1S/C20H20BrClN4O2/c1-11-17(9-6-15(10-23)18(11)22)25-19(12(2)27)20(26-24)28-13(3)14-4-7-16(21)8-5-14/h4-9,12,19,25,27H,3,24H2,1-2H3/b26-20-/t12-,19+/m0/s1. The Labute approximate surface area is 177 Å². The molecule has 0 saturated heterocycles. The van der Waals surface area contributed by atoms with Crippen molar-refractivity contribution in [3.05, 3.63) is 69.2 Å². The summed E-state index contributed by atoms with van der Waals surface area (Å²) in [5.74, 6) is 5.91. The van der Waals surface area contributed by atoms with Gasteiger partial charge in [0.25, 0.3) is 0 Å². The van der Waals surface area contributed by atoms with Crippen LogP contribution >= 0.6 is 27.5 Å². The molecule has 0 aromatic heterocycles. The van der Waals surface area contributed by atoms with Crippen molar-refractivity contribution in [2.24, 2.45) is 10.9 Å². The number of rotatable bonds is 6. The summed E-state index contributed by atoms with van der Waals surface area (Å²) in [7, 11) is 0. The summed E-state index contributed by atoms with van der Waals surface area (Å²) in [6.07, 6.45) is -0.895. The third kappa shape index (κ3) is 5.04. The van der Waals surface area contributed by atoms with E-state index in [1.54, 1.807) is 26.0 Å². The average Bonchev–Trinajstić information content (AvgIpc) is 2.67. The van der Waals surface area contributed by atoms with Crippen molar-refractivity contribution in [1.29, 1.82) is 5.26 Å². The van der Waals surface area contributed by atoms with Crippen LogP contribution in [0.1, 0.15) is 23.6 Å². The lowest BCUT2D eigenvalue weighted by atomic mass is 10.1. The number of nitrogens with two attached hydrogens (primary N) is 1. The first-order valence-corrected chi connectivity index (χ1v) is 9.49. The lowest BCUT2D eigenvalue weighted by molar-refractivity contribution is 0.185. The van der Waals surface area contributed by atoms with E-state index in [4.69, 9.17) is 27.4 Å². The molecule has 0 aliphatic rings. The van der Waals surface area contributed by atoms with Crippen molar-refractivity contribution in [2.75, 3.05) is 5.32 Å².